The average molecular weight is 910 g/mol. The molecule has 0 radical (unpaired) electrons. The smallest absolute Gasteiger partial charge is 0.509 e. The van der Waals surface area contributed by atoms with Gasteiger partial charge in [0.05, 0.1) is 5.69 Å². The van der Waals surface area contributed by atoms with Crippen LogP contribution in [0.5, 0.6) is 11.5 Å². The van der Waals surface area contributed by atoms with Crippen molar-refractivity contribution in [3.8, 4) is 34.1 Å². The van der Waals surface area contributed by atoms with E-state index in [1.54, 1.807) is 0 Å². The Morgan fingerprint density at radius 3 is 2.18 bits per heavy atom. The van der Waals surface area contributed by atoms with Crippen molar-refractivity contribution in [2.75, 3.05) is 0 Å². The van der Waals surface area contributed by atoms with Gasteiger partial charge in [-0.1, -0.05) is 89.9 Å². The van der Waals surface area contributed by atoms with Crippen LogP contribution in [0.25, 0.3) is 44.4 Å². The van der Waals surface area contributed by atoms with Crippen molar-refractivity contribution in [1.29, 1.82) is 0 Å². The minimum Gasteiger partial charge on any atom is -0.509 e. The minimum atomic E-state index is -0.137. The van der Waals surface area contributed by atoms with Gasteiger partial charge in [-0.25, -0.2) is 4.98 Å². The Balaban J connectivity index is 0.00000514. The van der Waals surface area contributed by atoms with Crippen molar-refractivity contribution in [3.05, 3.63) is 130 Å². The van der Waals surface area contributed by atoms with Gasteiger partial charge in [-0.3, -0.25) is 4.68 Å². The second-order valence-corrected chi connectivity index (χ2v) is 17.1. The molecule has 0 atom stereocenters. The Morgan fingerprint density at radius 1 is 0.764 bits per heavy atom. The van der Waals surface area contributed by atoms with Crippen molar-refractivity contribution in [2.24, 2.45) is 11.8 Å². The van der Waals surface area contributed by atoms with Crippen LogP contribution >= 0.6 is 0 Å². The molecule has 0 fully saturated rings. The van der Waals surface area contributed by atoms with E-state index in [4.69, 9.17) is 14.8 Å². The van der Waals surface area contributed by atoms with E-state index in [1.807, 2.05) is 12.3 Å². The summed E-state index contributed by atoms with van der Waals surface area (Å²) in [6, 6.07) is 33.2. The van der Waals surface area contributed by atoms with Crippen molar-refractivity contribution in [1.82, 2.24) is 19.3 Å². The third-order valence-electron chi connectivity index (χ3n) is 10.4. The Labute approximate surface area is 342 Å². The molecule has 3 heterocycles. The largest absolute Gasteiger partial charge is 2.00 e. The molecule has 0 aliphatic rings. The fraction of sp³-hybridized carbons (Fsp3) is 0.347. The molecule has 0 saturated heterocycles. The summed E-state index contributed by atoms with van der Waals surface area (Å²) in [5.41, 5.74) is 13.8. The quantitative estimate of drug-likeness (QED) is 0.128. The van der Waals surface area contributed by atoms with Gasteiger partial charge in [-0.2, -0.15) is 11.2 Å². The number of nitrogens with zero attached hydrogens (tertiary/aromatic N) is 4. The van der Waals surface area contributed by atoms with Crippen LogP contribution in [0.1, 0.15) is 94.1 Å². The summed E-state index contributed by atoms with van der Waals surface area (Å²) in [5.74, 6) is 3.25. The molecular weight excluding hydrogens is 856 g/mol. The topological polar surface area (TPSA) is 44.9 Å². The zero-order chi connectivity index (χ0) is 38.5. The summed E-state index contributed by atoms with van der Waals surface area (Å²) in [6.45, 7) is 24.6. The molecule has 0 amide bonds. The van der Waals surface area contributed by atoms with Gasteiger partial charge in [0.25, 0.3) is 0 Å². The molecule has 6 heteroatoms. The molecular formula is C49H54N4OPt. The van der Waals surface area contributed by atoms with Gasteiger partial charge in [0.15, 0.2) is 0 Å². The maximum absolute atomic E-state index is 6.77. The first-order valence-corrected chi connectivity index (χ1v) is 19.5. The summed E-state index contributed by atoms with van der Waals surface area (Å²) in [6.07, 6.45) is 4.88. The molecule has 55 heavy (non-hydrogen) atoms. The Morgan fingerprint density at radius 2 is 1.49 bits per heavy atom. The number of pyridine rings is 1. The first-order valence-electron chi connectivity index (χ1n) is 19.5. The second-order valence-electron chi connectivity index (χ2n) is 17.1. The fourth-order valence-electron chi connectivity index (χ4n) is 7.93. The first kappa shape index (κ1) is 40.2. The number of ether oxygens (including phenoxy) is 1. The third-order valence-corrected chi connectivity index (χ3v) is 10.4. The van der Waals surface area contributed by atoms with E-state index in [-0.39, 0.29) is 26.5 Å². The summed E-state index contributed by atoms with van der Waals surface area (Å²) < 4.78 is 11.1. The molecule has 7 aromatic rings. The van der Waals surface area contributed by atoms with Crippen LogP contribution in [0.4, 0.5) is 0 Å². The number of para-hydroxylation sites is 1. The van der Waals surface area contributed by atoms with E-state index in [0.29, 0.717) is 23.3 Å². The predicted molar refractivity (Wildman–Crippen MR) is 225 cm³/mol. The number of aryl methyl sites for hydroxylation is 4. The number of fused-ring (bicyclic) bond motifs is 3. The molecule has 0 spiro atoms. The van der Waals surface area contributed by atoms with Crippen molar-refractivity contribution >= 4 is 21.8 Å². The van der Waals surface area contributed by atoms with E-state index in [1.165, 1.54) is 39.1 Å². The number of benzene rings is 4. The zero-order valence-electron chi connectivity index (χ0n) is 34.3. The Hall–Kier alpha value is -4.47. The van der Waals surface area contributed by atoms with Crippen LogP contribution in [-0.4, -0.2) is 19.3 Å². The second kappa shape index (κ2) is 15.9. The van der Waals surface area contributed by atoms with Crippen molar-refractivity contribution in [3.63, 3.8) is 0 Å². The maximum atomic E-state index is 6.77. The first-order chi connectivity index (χ1) is 25.7. The zero-order valence-corrected chi connectivity index (χ0v) is 36.6. The van der Waals surface area contributed by atoms with Crippen LogP contribution < -0.4 is 4.74 Å². The average Bonchev–Trinajstić information content (AvgIpc) is 3.60. The normalized spacial score (nSPS) is 11.9. The molecule has 0 N–H and O–H groups in total. The maximum Gasteiger partial charge on any atom is 2.00 e. The number of hydrogen-bond acceptors (Lipinski definition) is 3. The van der Waals surface area contributed by atoms with Gasteiger partial charge in [-0.15, -0.1) is 41.3 Å². The molecule has 0 aliphatic carbocycles. The number of rotatable bonds is 10. The summed E-state index contributed by atoms with van der Waals surface area (Å²) in [4.78, 5) is 4.85. The van der Waals surface area contributed by atoms with Crippen LogP contribution in [-0.2, 0) is 39.3 Å². The SMILES string of the molecule is Cc1cc(C)c(-c2c(C)nn(-c3[c-]c(Oc4[c-]c5c(cc4)c4ccccc4n5-c4cc(CC(C)C)ccn4)cc(C(C)(C)C)c3)c2CCC(C)C)c(C)c1.[Pt+2]. The fourth-order valence-corrected chi connectivity index (χ4v) is 7.93. The molecule has 5 nitrogen and oxygen atoms in total. The van der Waals surface area contributed by atoms with Gasteiger partial charge in [0, 0.05) is 34.5 Å². The van der Waals surface area contributed by atoms with Crippen LogP contribution in [0.3, 0.4) is 0 Å². The summed E-state index contributed by atoms with van der Waals surface area (Å²) in [5, 5.41) is 7.53. The molecule has 0 saturated carbocycles. The van der Waals surface area contributed by atoms with Crippen LogP contribution in [0, 0.1) is 51.7 Å². The third kappa shape index (κ3) is 8.24. The van der Waals surface area contributed by atoms with E-state index >= 15 is 0 Å². The van der Waals surface area contributed by atoms with Crippen molar-refractivity contribution < 1.29 is 25.8 Å². The van der Waals surface area contributed by atoms with E-state index in [0.717, 1.165) is 63.8 Å². The van der Waals surface area contributed by atoms with Crippen LogP contribution in [0.15, 0.2) is 79.0 Å². The Kier molecular flexibility index (Phi) is 11.7. The predicted octanol–water partition coefficient (Wildman–Crippen LogP) is 12.7. The van der Waals surface area contributed by atoms with E-state index in [2.05, 4.69) is 164 Å². The van der Waals surface area contributed by atoms with E-state index in [9.17, 15) is 0 Å². The monoisotopic (exact) mass is 909 g/mol. The van der Waals surface area contributed by atoms with Gasteiger partial charge in [0.1, 0.15) is 5.82 Å². The Bertz CT molecular complexity index is 2470. The van der Waals surface area contributed by atoms with Gasteiger partial charge >= 0.3 is 21.1 Å². The van der Waals surface area contributed by atoms with E-state index < -0.39 is 0 Å². The minimum absolute atomic E-state index is 0. The molecule has 7 rings (SSSR count). The van der Waals surface area contributed by atoms with Gasteiger partial charge < -0.3 is 9.30 Å². The molecule has 286 valence electrons. The molecule has 0 unspecified atom stereocenters. The standard InChI is InChI=1S/C49H54N4O.Pt/c1-30(2)16-19-44-48(47-33(6)23-32(5)24-34(47)7)35(8)51-53(44)38-26-37(49(9,10)11)27-40(28-38)54-39-17-18-42-41-14-12-13-15-43(41)52(45(42)29-39)46-25-36(20-21-50-46)22-31(3)4;/h12-15,17-18,20-21,23-27,30-31H,16,19,22H2,1-11H3;/q-2;+2. The number of aromatic nitrogens is 4. The molecule has 0 bridgehead atoms. The molecule has 0 aliphatic heterocycles. The summed E-state index contributed by atoms with van der Waals surface area (Å²) >= 11 is 0. The van der Waals surface area contributed by atoms with Crippen LogP contribution in [0.2, 0.25) is 0 Å². The van der Waals surface area contributed by atoms with Crippen molar-refractivity contribution in [2.45, 2.75) is 101 Å². The molecule has 4 aromatic carbocycles. The summed E-state index contributed by atoms with van der Waals surface area (Å²) in [7, 11) is 0. The molecule has 3 aromatic heterocycles. The van der Waals surface area contributed by atoms with Gasteiger partial charge in [0.2, 0.25) is 0 Å². The van der Waals surface area contributed by atoms with Gasteiger partial charge in [-0.05, 0) is 116 Å². The number of hydrogen-bond donors (Lipinski definition) is 0.